The number of fused-ring (bicyclic) bond motifs is 1. The van der Waals surface area contributed by atoms with Crippen molar-refractivity contribution in [1.82, 2.24) is 14.5 Å². The topological polar surface area (TPSA) is 59.2 Å². The Morgan fingerprint density at radius 2 is 2.15 bits per heavy atom. The van der Waals surface area contributed by atoms with Crippen molar-refractivity contribution in [2.45, 2.75) is 38.2 Å². The number of aryl methyl sites for hydroxylation is 1. The summed E-state index contributed by atoms with van der Waals surface area (Å²) in [6.45, 7) is 2.35. The molecule has 0 aliphatic heterocycles. The number of benzene rings is 1. The van der Waals surface area contributed by atoms with Crippen molar-refractivity contribution < 1.29 is 13.9 Å². The van der Waals surface area contributed by atoms with E-state index in [1.54, 1.807) is 38.3 Å². The van der Waals surface area contributed by atoms with Crippen LogP contribution in [0.15, 0.2) is 46.8 Å². The average Bonchev–Trinajstić information content (AvgIpc) is 2.89. The third-order valence-corrected chi connectivity index (χ3v) is 4.75. The van der Waals surface area contributed by atoms with Gasteiger partial charge in [-0.25, -0.2) is 13.6 Å². The second-order valence-electron chi connectivity index (χ2n) is 6.42. The van der Waals surface area contributed by atoms with Gasteiger partial charge in [0.15, 0.2) is 0 Å². The third-order valence-electron chi connectivity index (χ3n) is 4.75. The van der Waals surface area contributed by atoms with Crippen molar-refractivity contribution >= 4 is 23.4 Å². The number of hydrogen-bond donors (Lipinski definition) is 2. The Kier molecular flexibility index (Phi) is 6.97. The number of aromatic nitrogens is 2. The number of aliphatic hydroxyl groups is 1. The molecule has 1 heterocycles. The molecule has 148 valence electrons. The minimum atomic E-state index is -1.20. The molecule has 1 aromatic carbocycles. The van der Waals surface area contributed by atoms with Crippen LogP contribution >= 0.6 is 12.4 Å². The molecule has 1 aliphatic rings. The molecule has 3 rings (SSSR count). The lowest BCUT2D eigenvalue weighted by atomic mass is 9.92. The van der Waals surface area contributed by atoms with E-state index < -0.39 is 29.8 Å². The first kappa shape index (κ1) is 21.3. The summed E-state index contributed by atoms with van der Waals surface area (Å²) in [6.07, 6.45) is 2.54. The molecule has 27 heavy (non-hydrogen) atoms. The lowest BCUT2D eigenvalue weighted by molar-refractivity contribution is 0.125. The zero-order valence-electron chi connectivity index (χ0n) is 15.2. The molecule has 1 aromatic heterocycles. The van der Waals surface area contributed by atoms with Crippen molar-refractivity contribution in [3.63, 3.8) is 0 Å². The van der Waals surface area contributed by atoms with Gasteiger partial charge in [0.25, 0.3) is 0 Å². The van der Waals surface area contributed by atoms with Crippen LogP contribution in [0.3, 0.4) is 0 Å². The van der Waals surface area contributed by atoms with Crippen LogP contribution in [0.1, 0.15) is 19.4 Å². The molecule has 0 saturated heterocycles. The minimum Gasteiger partial charge on any atom is -0.389 e. The molecule has 0 amide bonds. The van der Waals surface area contributed by atoms with Crippen LogP contribution in [-0.2, 0) is 6.54 Å². The molecule has 0 fully saturated rings. The summed E-state index contributed by atoms with van der Waals surface area (Å²) in [6, 6.07) is 3.65. The van der Waals surface area contributed by atoms with E-state index in [9.17, 15) is 18.7 Å². The number of nitrogens with one attached hydrogen (secondary N) is 1. The van der Waals surface area contributed by atoms with E-state index in [4.69, 9.17) is 0 Å². The molecule has 0 saturated carbocycles. The molecule has 0 radical (unpaired) electrons. The molecular weight excluding hydrogens is 376 g/mol. The van der Waals surface area contributed by atoms with Crippen LogP contribution in [0.2, 0.25) is 0 Å². The molecule has 2 N–H and O–H groups in total. The maximum Gasteiger partial charge on any atom is 0.329 e. The maximum atomic E-state index is 14.7. The Hall–Kier alpha value is -1.96. The van der Waals surface area contributed by atoms with Crippen molar-refractivity contribution in [2.24, 2.45) is 0 Å². The van der Waals surface area contributed by atoms with Gasteiger partial charge in [-0.15, -0.1) is 12.4 Å². The lowest BCUT2D eigenvalue weighted by Gasteiger charge is -2.28. The lowest BCUT2D eigenvalue weighted by Crippen LogP contribution is -2.39. The SMILES string of the molecule is CCn1c(=O)n([C@@H](C2=CC=CC(F)C2)C(O)CNC)c2c(F)cccc21.Cl. The highest BCUT2D eigenvalue weighted by Crippen LogP contribution is 2.32. The van der Waals surface area contributed by atoms with E-state index in [-0.39, 0.29) is 30.9 Å². The monoisotopic (exact) mass is 399 g/mol. The van der Waals surface area contributed by atoms with Crippen molar-refractivity contribution in [3.8, 4) is 0 Å². The molecule has 5 nitrogen and oxygen atoms in total. The summed E-state index contributed by atoms with van der Waals surface area (Å²) in [4.78, 5) is 13.0. The fourth-order valence-electron chi connectivity index (χ4n) is 3.64. The minimum absolute atomic E-state index is 0. The van der Waals surface area contributed by atoms with Crippen LogP contribution in [0, 0.1) is 5.82 Å². The summed E-state index contributed by atoms with van der Waals surface area (Å²) in [7, 11) is 1.67. The summed E-state index contributed by atoms with van der Waals surface area (Å²) in [5.74, 6) is -0.544. The number of aliphatic hydroxyl groups excluding tert-OH is 1. The van der Waals surface area contributed by atoms with E-state index in [0.29, 0.717) is 17.6 Å². The zero-order valence-corrected chi connectivity index (χ0v) is 16.0. The van der Waals surface area contributed by atoms with Crippen LogP contribution in [0.4, 0.5) is 8.78 Å². The number of halogens is 3. The average molecular weight is 400 g/mol. The number of rotatable bonds is 6. The largest absolute Gasteiger partial charge is 0.389 e. The van der Waals surface area contributed by atoms with Gasteiger partial charge in [0.2, 0.25) is 0 Å². The molecule has 3 atom stereocenters. The Bertz CT molecular complexity index is 920. The third kappa shape index (κ3) is 3.85. The molecular formula is C19H24ClF2N3O2. The van der Waals surface area contributed by atoms with Crippen LogP contribution in [0.25, 0.3) is 11.0 Å². The molecule has 2 aromatic rings. The van der Waals surface area contributed by atoms with Gasteiger partial charge in [0.05, 0.1) is 17.7 Å². The van der Waals surface area contributed by atoms with Gasteiger partial charge >= 0.3 is 5.69 Å². The van der Waals surface area contributed by atoms with E-state index in [2.05, 4.69) is 5.32 Å². The van der Waals surface area contributed by atoms with Gasteiger partial charge in [0.1, 0.15) is 17.5 Å². The summed E-state index contributed by atoms with van der Waals surface area (Å²) in [5.41, 5.74) is 0.732. The molecule has 0 bridgehead atoms. The zero-order chi connectivity index (χ0) is 18.8. The van der Waals surface area contributed by atoms with Gasteiger partial charge in [0, 0.05) is 19.5 Å². The summed E-state index contributed by atoms with van der Waals surface area (Å²) < 4.78 is 31.3. The highest BCUT2D eigenvalue weighted by atomic mass is 35.5. The number of imidazole rings is 1. The number of alkyl halides is 1. The number of allylic oxidation sites excluding steroid dienone is 3. The smallest absolute Gasteiger partial charge is 0.329 e. The number of para-hydroxylation sites is 1. The standard InChI is InChI=1S/C19H23F2N3O2.ClH/c1-3-23-15-9-5-8-14(21)18(15)24(19(23)26)17(16(25)11-22-2)12-6-4-7-13(20)10-12;/h4-9,13,16-17,22,25H,3,10-11H2,1-2H3;1H/t13?,16?,17-;/m0./s1. The van der Waals surface area contributed by atoms with Gasteiger partial charge in [-0.3, -0.25) is 9.13 Å². The number of likely N-dealkylation sites (N-methyl/N-ethyl adjacent to an activating group) is 1. The highest BCUT2D eigenvalue weighted by molar-refractivity contribution is 5.85. The van der Waals surface area contributed by atoms with Gasteiger partial charge < -0.3 is 10.4 Å². The second-order valence-corrected chi connectivity index (χ2v) is 6.42. The van der Waals surface area contributed by atoms with Crippen LogP contribution in [0.5, 0.6) is 0 Å². The molecule has 1 aliphatic carbocycles. The molecule has 8 heteroatoms. The van der Waals surface area contributed by atoms with Crippen molar-refractivity contribution in [3.05, 3.63) is 58.3 Å². The predicted molar refractivity (Wildman–Crippen MR) is 105 cm³/mol. The first-order valence-electron chi connectivity index (χ1n) is 8.72. The Morgan fingerprint density at radius 1 is 1.41 bits per heavy atom. The van der Waals surface area contributed by atoms with E-state index >= 15 is 0 Å². The highest BCUT2D eigenvalue weighted by Gasteiger charge is 2.31. The molecule has 2 unspecified atom stereocenters. The Labute approximate surface area is 162 Å². The Balaban J connectivity index is 0.00000261. The Morgan fingerprint density at radius 3 is 2.78 bits per heavy atom. The van der Waals surface area contributed by atoms with Crippen LogP contribution < -0.4 is 11.0 Å². The quantitative estimate of drug-likeness (QED) is 0.785. The second kappa shape index (κ2) is 8.82. The summed E-state index contributed by atoms with van der Waals surface area (Å²) >= 11 is 0. The van der Waals surface area contributed by atoms with Crippen molar-refractivity contribution in [2.75, 3.05) is 13.6 Å². The fraction of sp³-hybridized carbons (Fsp3) is 0.421. The summed E-state index contributed by atoms with van der Waals surface area (Å²) in [5, 5.41) is 13.6. The molecule has 0 spiro atoms. The number of hydrogen-bond acceptors (Lipinski definition) is 3. The van der Waals surface area contributed by atoms with Gasteiger partial charge in [-0.2, -0.15) is 0 Å². The van der Waals surface area contributed by atoms with E-state index in [0.717, 1.165) is 0 Å². The van der Waals surface area contributed by atoms with Crippen molar-refractivity contribution in [1.29, 1.82) is 0 Å². The van der Waals surface area contributed by atoms with Gasteiger partial charge in [-0.1, -0.05) is 24.3 Å². The normalized spacial score (nSPS) is 18.9. The fourth-order valence-corrected chi connectivity index (χ4v) is 3.64. The first-order valence-corrected chi connectivity index (χ1v) is 8.72. The first-order chi connectivity index (χ1) is 12.5. The van der Waals surface area contributed by atoms with Crippen LogP contribution in [-0.4, -0.2) is 40.1 Å². The van der Waals surface area contributed by atoms with E-state index in [1.165, 1.54) is 21.3 Å². The maximum absolute atomic E-state index is 14.7. The number of nitrogens with zero attached hydrogens (tertiary/aromatic N) is 2. The van der Waals surface area contributed by atoms with Gasteiger partial charge in [-0.05, 0) is 31.7 Å². The van der Waals surface area contributed by atoms with E-state index in [1.807, 2.05) is 0 Å². The predicted octanol–water partition coefficient (Wildman–Crippen LogP) is 2.73.